The highest BCUT2D eigenvalue weighted by molar-refractivity contribution is 5.84. The second-order valence-electron chi connectivity index (χ2n) is 5.68. The molecule has 1 saturated heterocycles. The van der Waals surface area contributed by atoms with Gasteiger partial charge in [0, 0.05) is 24.7 Å². The number of benzene rings is 1. The summed E-state index contributed by atoms with van der Waals surface area (Å²) in [6.45, 7) is 3.83. The fraction of sp³-hybridized carbons (Fsp3) is 0.500. The first-order valence-electron chi connectivity index (χ1n) is 7.00. The molecular formula is C14H18N4O3. The van der Waals surface area contributed by atoms with E-state index in [2.05, 4.69) is 17.2 Å². The van der Waals surface area contributed by atoms with Crippen molar-refractivity contribution in [2.45, 2.75) is 25.3 Å². The number of hydrogen-bond acceptors (Lipinski definition) is 6. The van der Waals surface area contributed by atoms with Crippen LogP contribution in [0.15, 0.2) is 22.6 Å². The van der Waals surface area contributed by atoms with Crippen molar-refractivity contribution >= 4 is 22.8 Å². The van der Waals surface area contributed by atoms with Gasteiger partial charge in [-0.3, -0.25) is 10.1 Å². The van der Waals surface area contributed by atoms with E-state index in [1.807, 2.05) is 11.9 Å². The van der Waals surface area contributed by atoms with E-state index >= 15 is 0 Å². The Morgan fingerprint density at radius 2 is 2.14 bits per heavy atom. The van der Waals surface area contributed by atoms with Gasteiger partial charge in [0.1, 0.15) is 0 Å². The van der Waals surface area contributed by atoms with Gasteiger partial charge in [-0.1, -0.05) is 6.07 Å². The molecule has 0 amide bonds. The lowest BCUT2D eigenvalue weighted by Crippen LogP contribution is -2.50. The SMILES string of the molecule is CNC1(C)CCN(c2nc3c([N+](=O)[O-])cccc3o2)CC1. The summed E-state index contributed by atoms with van der Waals surface area (Å²) >= 11 is 0. The third-order valence-electron chi connectivity index (χ3n) is 4.32. The van der Waals surface area contributed by atoms with Gasteiger partial charge in [0.05, 0.1) is 4.92 Å². The minimum absolute atomic E-state index is 0.0143. The Morgan fingerprint density at radius 1 is 1.43 bits per heavy atom. The normalized spacial score (nSPS) is 18.1. The molecule has 1 fully saturated rings. The molecular weight excluding hydrogens is 272 g/mol. The fourth-order valence-corrected chi connectivity index (χ4v) is 2.65. The van der Waals surface area contributed by atoms with Gasteiger partial charge in [-0.05, 0) is 32.9 Å². The van der Waals surface area contributed by atoms with Gasteiger partial charge in [0.15, 0.2) is 11.1 Å². The van der Waals surface area contributed by atoms with Crippen LogP contribution in [0.1, 0.15) is 19.8 Å². The molecule has 0 unspecified atom stereocenters. The summed E-state index contributed by atoms with van der Waals surface area (Å²) in [6.07, 6.45) is 1.95. The van der Waals surface area contributed by atoms with Gasteiger partial charge >= 0.3 is 0 Å². The van der Waals surface area contributed by atoms with Crippen molar-refractivity contribution in [1.29, 1.82) is 0 Å². The molecule has 1 aliphatic rings. The molecule has 0 bridgehead atoms. The molecule has 7 heteroatoms. The van der Waals surface area contributed by atoms with E-state index in [1.54, 1.807) is 12.1 Å². The summed E-state index contributed by atoms with van der Waals surface area (Å²) in [6, 6.07) is 5.24. The monoisotopic (exact) mass is 290 g/mol. The van der Waals surface area contributed by atoms with Gasteiger partial charge in [-0.15, -0.1) is 0 Å². The molecule has 2 aromatic rings. The summed E-state index contributed by atoms with van der Waals surface area (Å²) in [5, 5.41) is 14.4. The molecule has 21 heavy (non-hydrogen) atoms. The van der Waals surface area contributed by atoms with Crippen LogP contribution < -0.4 is 10.2 Å². The predicted octanol–water partition coefficient (Wildman–Crippen LogP) is 2.31. The lowest BCUT2D eigenvalue weighted by atomic mass is 9.90. The number of piperidine rings is 1. The number of anilines is 1. The van der Waals surface area contributed by atoms with E-state index in [-0.39, 0.29) is 11.2 Å². The van der Waals surface area contributed by atoms with E-state index < -0.39 is 4.92 Å². The topological polar surface area (TPSA) is 84.4 Å². The van der Waals surface area contributed by atoms with Crippen LogP contribution in [0.25, 0.3) is 11.1 Å². The summed E-state index contributed by atoms with van der Waals surface area (Å²) in [7, 11) is 1.97. The molecule has 0 saturated carbocycles. The number of hydrogen-bond donors (Lipinski definition) is 1. The number of rotatable bonds is 3. The Balaban J connectivity index is 1.89. The van der Waals surface area contributed by atoms with Gasteiger partial charge < -0.3 is 14.6 Å². The van der Waals surface area contributed by atoms with Crippen molar-refractivity contribution in [2.75, 3.05) is 25.0 Å². The molecule has 112 valence electrons. The standard InChI is InChI=1S/C14H18N4O3/c1-14(15-2)6-8-17(9-7-14)13-16-12-10(18(19)20)4-3-5-11(12)21-13/h3-5,15H,6-9H2,1-2H3. The third-order valence-corrected chi connectivity index (χ3v) is 4.32. The maximum atomic E-state index is 11.0. The lowest BCUT2D eigenvalue weighted by molar-refractivity contribution is -0.383. The quantitative estimate of drug-likeness (QED) is 0.689. The molecule has 3 rings (SSSR count). The van der Waals surface area contributed by atoms with Crippen LogP contribution in [0.4, 0.5) is 11.7 Å². The number of oxazole rings is 1. The van der Waals surface area contributed by atoms with Gasteiger partial charge in [0.25, 0.3) is 11.7 Å². The summed E-state index contributed by atoms with van der Waals surface area (Å²) in [5.74, 6) is 0. The van der Waals surface area contributed by atoms with Gasteiger partial charge in [-0.25, -0.2) is 0 Å². The number of nitro benzene ring substituents is 1. The molecule has 7 nitrogen and oxygen atoms in total. The zero-order chi connectivity index (χ0) is 15.0. The average molecular weight is 290 g/mol. The number of nitrogens with one attached hydrogen (secondary N) is 1. The Kier molecular flexibility index (Phi) is 3.29. The van der Waals surface area contributed by atoms with E-state index in [0.717, 1.165) is 25.9 Å². The van der Waals surface area contributed by atoms with Crippen LogP contribution in [0.3, 0.4) is 0 Å². The maximum Gasteiger partial charge on any atom is 0.298 e. The molecule has 0 spiro atoms. The van der Waals surface area contributed by atoms with Crippen molar-refractivity contribution in [2.24, 2.45) is 0 Å². The first-order chi connectivity index (χ1) is 10.0. The van der Waals surface area contributed by atoms with Crippen molar-refractivity contribution < 1.29 is 9.34 Å². The summed E-state index contributed by atoms with van der Waals surface area (Å²) < 4.78 is 5.69. The maximum absolute atomic E-state index is 11.0. The molecule has 1 aliphatic heterocycles. The number of non-ortho nitro benzene ring substituents is 1. The smallest absolute Gasteiger partial charge is 0.298 e. The molecule has 0 radical (unpaired) electrons. The molecule has 2 heterocycles. The zero-order valence-corrected chi connectivity index (χ0v) is 12.1. The number of aromatic nitrogens is 1. The summed E-state index contributed by atoms with van der Waals surface area (Å²) in [5.41, 5.74) is 0.897. The molecule has 1 aromatic carbocycles. The highest BCUT2D eigenvalue weighted by atomic mass is 16.6. The summed E-state index contributed by atoms with van der Waals surface area (Å²) in [4.78, 5) is 17.0. The minimum Gasteiger partial charge on any atom is -0.423 e. The van der Waals surface area contributed by atoms with Crippen LogP contribution in [-0.4, -0.2) is 35.6 Å². The number of fused-ring (bicyclic) bond motifs is 1. The first-order valence-corrected chi connectivity index (χ1v) is 7.00. The van der Waals surface area contributed by atoms with E-state index in [4.69, 9.17) is 4.42 Å². The van der Waals surface area contributed by atoms with Crippen molar-refractivity contribution in [3.63, 3.8) is 0 Å². The highest BCUT2D eigenvalue weighted by Gasteiger charge is 2.30. The molecule has 0 atom stereocenters. The molecule has 1 N–H and O–H groups in total. The zero-order valence-electron chi connectivity index (χ0n) is 12.1. The van der Waals surface area contributed by atoms with E-state index in [0.29, 0.717) is 17.1 Å². The molecule has 0 aliphatic carbocycles. The van der Waals surface area contributed by atoms with Crippen molar-refractivity contribution in [3.8, 4) is 0 Å². The van der Waals surface area contributed by atoms with Crippen LogP contribution in [0.2, 0.25) is 0 Å². The predicted molar refractivity (Wildman–Crippen MR) is 79.6 cm³/mol. The van der Waals surface area contributed by atoms with Crippen molar-refractivity contribution in [3.05, 3.63) is 28.3 Å². The molecule has 1 aromatic heterocycles. The van der Waals surface area contributed by atoms with Gasteiger partial charge in [-0.2, -0.15) is 4.98 Å². The average Bonchev–Trinajstić information content (AvgIpc) is 2.91. The second-order valence-corrected chi connectivity index (χ2v) is 5.68. The van der Waals surface area contributed by atoms with E-state index in [1.165, 1.54) is 6.07 Å². The Morgan fingerprint density at radius 3 is 2.76 bits per heavy atom. The Bertz CT molecular complexity index is 674. The largest absolute Gasteiger partial charge is 0.423 e. The van der Waals surface area contributed by atoms with Gasteiger partial charge in [0.2, 0.25) is 0 Å². The third kappa shape index (κ3) is 2.44. The van der Waals surface area contributed by atoms with Crippen LogP contribution in [0, 0.1) is 10.1 Å². The van der Waals surface area contributed by atoms with Crippen molar-refractivity contribution in [1.82, 2.24) is 10.3 Å². The lowest BCUT2D eigenvalue weighted by Gasteiger charge is -2.38. The Hall–Kier alpha value is -2.15. The van der Waals surface area contributed by atoms with Crippen LogP contribution >= 0.6 is 0 Å². The Labute approximate surface area is 122 Å². The minimum atomic E-state index is -0.428. The number of nitro groups is 1. The second kappa shape index (κ2) is 5.00. The number of para-hydroxylation sites is 1. The first kappa shape index (κ1) is 13.8. The van der Waals surface area contributed by atoms with E-state index in [9.17, 15) is 10.1 Å². The van der Waals surface area contributed by atoms with Crippen LogP contribution in [0.5, 0.6) is 0 Å². The fourth-order valence-electron chi connectivity index (χ4n) is 2.65. The number of nitrogens with zero attached hydrogens (tertiary/aromatic N) is 3. The van der Waals surface area contributed by atoms with Crippen LogP contribution in [-0.2, 0) is 0 Å². The highest BCUT2D eigenvalue weighted by Crippen LogP contribution is 2.31.